The van der Waals surface area contributed by atoms with Crippen LogP contribution < -0.4 is 0 Å². The van der Waals surface area contributed by atoms with E-state index in [1.165, 1.54) is 51.6 Å². The van der Waals surface area contributed by atoms with E-state index in [0.29, 0.717) is 6.61 Å². The number of likely N-dealkylation sites (N-methyl/N-ethyl adjacent to an activating group) is 1. The van der Waals surface area contributed by atoms with Crippen molar-refractivity contribution in [1.29, 1.82) is 0 Å². The van der Waals surface area contributed by atoms with Crippen LogP contribution in [0.4, 0.5) is 8.78 Å². The summed E-state index contributed by atoms with van der Waals surface area (Å²) < 4.78 is 32.4. The Morgan fingerprint density at radius 3 is 2.00 bits per heavy atom. The summed E-state index contributed by atoms with van der Waals surface area (Å²) in [5.41, 5.74) is -0.660. The highest BCUT2D eigenvalue weighted by atomic mass is 19.1. The molecule has 152 valence electrons. The minimum Gasteiger partial charge on any atom is -0.464 e. The lowest BCUT2D eigenvalue weighted by Gasteiger charge is -2.17. The standard InChI is InChI=1S/C21H31F2NO3/c1-3-4-5-6-7-8-9-10-11-15-27-19(25)16-24(2)21(26)20-17(22)13-12-14-18(20)23/h12-14H,3-11,15-16H2,1-2H3. The molecule has 0 aliphatic heterocycles. The van der Waals surface area contributed by atoms with Gasteiger partial charge < -0.3 is 9.64 Å². The number of unbranched alkanes of at least 4 members (excludes halogenated alkanes) is 8. The third-order valence-corrected chi connectivity index (χ3v) is 4.40. The molecule has 0 unspecified atom stereocenters. The van der Waals surface area contributed by atoms with Crippen LogP contribution >= 0.6 is 0 Å². The average Bonchev–Trinajstić information content (AvgIpc) is 2.63. The van der Waals surface area contributed by atoms with Gasteiger partial charge in [0.05, 0.1) is 6.61 Å². The fourth-order valence-electron chi connectivity index (χ4n) is 2.80. The Morgan fingerprint density at radius 2 is 1.44 bits per heavy atom. The summed E-state index contributed by atoms with van der Waals surface area (Å²) in [4.78, 5) is 24.9. The molecule has 27 heavy (non-hydrogen) atoms. The van der Waals surface area contributed by atoms with Crippen molar-refractivity contribution < 1.29 is 23.1 Å². The largest absolute Gasteiger partial charge is 0.464 e. The molecule has 0 heterocycles. The molecule has 1 aromatic rings. The molecule has 0 aromatic heterocycles. The Bertz CT molecular complexity index is 573. The number of benzene rings is 1. The molecular formula is C21H31F2NO3. The first-order chi connectivity index (χ1) is 13.0. The van der Waals surface area contributed by atoms with Crippen molar-refractivity contribution in [3.63, 3.8) is 0 Å². The maximum atomic E-state index is 13.6. The van der Waals surface area contributed by atoms with Gasteiger partial charge in [0.2, 0.25) is 0 Å². The highest BCUT2D eigenvalue weighted by Gasteiger charge is 2.22. The number of carbonyl (C=O) groups is 2. The molecule has 0 radical (unpaired) electrons. The van der Waals surface area contributed by atoms with Crippen molar-refractivity contribution in [3.8, 4) is 0 Å². The van der Waals surface area contributed by atoms with Gasteiger partial charge in [-0.3, -0.25) is 9.59 Å². The minimum atomic E-state index is -0.949. The van der Waals surface area contributed by atoms with E-state index in [0.717, 1.165) is 36.3 Å². The van der Waals surface area contributed by atoms with Crippen LogP contribution in [0.15, 0.2) is 18.2 Å². The molecule has 1 aromatic carbocycles. The van der Waals surface area contributed by atoms with Gasteiger partial charge in [0.25, 0.3) is 5.91 Å². The van der Waals surface area contributed by atoms with Gasteiger partial charge in [-0.1, -0.05) is 64.4 Å². The molecule has 0 spiro atoms. The monoisotopic (exact) mass is 383 g/mol. The molecule has 0 atom stereocenters. The molecule has 0 aliphatic carbocycles. The maximum Gasteiger partial charge on any atom is 0.325 e. The number of amides is 1. The third-order valence-electron chi connectivity index (χ3n) is 4.40. The smallest absolute Gasteiger partial charge is 0.325 e. The lowest BCUT2D eigenvalue weighted by atomic mass is 10.1. The molecule has 0 bridgehead atoms. The van der Waals surface area contributed by atoms with E-state index in [2.05, 4.69) is 6.92 Å². The number of hydrogen-bond donors (Lipinski definition) is 0. The molecule has 6 heteroatoms. The van der Waals surface area contributed by atoms with Gasteiger partial charge in [0, 0.05) is 7.05 Å². The highest BCUT2D eigenvalue weighted by molar-refractivity contribution is 5.96. The lowest BCUT2D eigenvalue weighted by Crippen LogP contribution is -2.34. The number of hydrogen-bond acceptors (Lipinski definition) is 3. The van der Waals surface area contributed by atoms with E-state index in [1.54, 1.807) is 0 Å². The quantitative estimate of drug-likeness (QED) is 0.351. The topological polar surface area (TPSA) is 46.6 Å². The van der Waals surface area contributed by atoms with Crippen LogP contribution in [0.1, 0.15) is 75.1 Å². The average molecular weight is 383 g/mol. The van der Waals surface area contributed by atoms with Crippen LogP contribution in [0, 0.1) is 11.6 Å². The summed E-state index contributed by atoms with van der Waals surface area (Å²) in [7, 11) is 1.31. The Balaban J connectivity index is 2.18. The molecular weight excluding hydrogens is 352 g/mol. The van der Waals surface area contributed by atoms with Crippen molar-refractivity contribution in [2.24, 2.45) is 0 Å². The second kappa shape index (κ2) is 13.2. The van der Waals surface area contributed by atoms with Gasteiger partial charge in [0.1, 0.15) is 23.7 Å². The molecule has 1 amide bonds. The zero-order valence-electron chi connectivity index (χ0n) is 16.4. The number of esters is 1. The Kier molecular flexibility index (Phi) is 11.3. The van der Waals surface area contributed by atoms with Crippen LogP contribution in [0.5, 0.6) is 0 Å². The van der Waals surface area contributed by atoms with Crippen LogP contribution in [0.2, 0.25) is 0 Å². The van der Waals surface area contributed by atoms with Crippen molar-refractivity contribution in [2.45, 2.75) is 64.7 Å². The van der Waals surface area contributed by atoms with Crippen molar-refractivity contribution in [1.82, 2.24) is 4.90 Å². The second-order valence-corrected chi connectivity index (χ2v) is 6.81. The maximum absolute atomic E-state index is 13.6. The van der Waals surface area contributed by atoms with Crippen LogP contribution in [0.25, 0.3) is 0 Å². The molecule has 4 nitrogen and oxygen atoms in total. The first kappa shape index (κ1) is 23.1. The normalized spacial score (nSPS) is 10.7. The number of halogens is 2. The second-order valence-electron chi connectivity index (χ2n) is 6.81. The van der Waals surface area contributed by atoms with Crippen molar-refractivity contribution in [3.05, 3.63) is 35.4 Å². The Morgan fingerprint density at radius 1 is 0.926 bits per heavy atom. The number of carbonyl (C=O) groups excluding carboxylic acids is 2. The Hall–Kier alpha value is -1.98. The number of ether oxygens (including phenoxy) is 1. The van der Waals surface area contributed by atoms with Gasteiger partial charge in [-0.15, -0.1) is 0 Å². The van der Waals surface area contributed by atoms with E-state index in [1.807, 2.05) is 0 Å². The Labute approximate surface area is 160 Å². The summed E-state index contributed by atoms with van der Waals surface area (Å²) in [6.07, 6.45) is 10.5. The van der Waals surface area contributed by atoms with Gasteiger partial charge in [-0.25, -0.2) is 8.78 Å². The van der Waals surface area contributed by atoms with Gasteiger partial charge in [-0.2, -0.15) is 0 Å². The molecule has 1 rings (SSSR count). The van der Waals surface area contributed by atoms with E-state index < -0.39 is 29.1 Å². The third kappa shape index (κ3) is 8.98. The van der Waals surface area contributed by atoms with Crippen molar-refractivity contribution >= 4 is 11.9 Å². The zero-order valence-corrected chi connectivity index (χ0v) is 16.4. The SMILES string of the molecule is CCCCCCCCCCCOC(=O)CN(C)C(=O)c1c(F)cccc1F. The fraction of sp³-hybridized carbons (Fsp3) is 0.619. The van der Waals surface area contributed by atoms with Gasteiger partial charge >= 0.3 is 5.97 Å². The number of rotatable bonds is 13. The minimum absolute atomic E-state index is 0.296. The van der Waals surface area contributed by atoms with E-state index in [9.17, 15) is 18.4 Å². The molecule has 0 N–H and O–H groups in total. The summed E-state index contributed by atoms with van der Waals surface area (Å²) in [5.74, 6) is -3.36. The summed E-state index contributed by atoms with van der Waals surface area (Å²) in [5, 5.41) is 0. The van der Waals surface area contributed by atoms with Gasteiger partial charge in [0.15, 0.2) is 0 Å². The van der Waals surface area contributed by atoms with Gasteiger partial charge in [-0.05, 0) is 18.6 Å². The number of nitrogens with zero attached hydrogens (tertiary/aromatic N) is 1. The van der Waals surface area contributed by atoms with Crippen LogP contribution in [-0.4, -0.2) is 37.0 Å². The predicted octanol–water partition coefficient (Wildman–Crippen LogP) is 5.11. The van der Waals surface area contributed by atoms with E-state index in [-0.39, 0.29) is 6.54 Å². The molecule has 0 aliphatic rings. The predicted molar refractivity (Wildman–Crippen MR) is 102 cm³/mol. The molecule has 0 saturated carbocycles. The first-order valence-electron chi connectivity index (χ1n) is 9.82. The van der Waals surface area contributed by atoms with Crippen molar-refractivity contribution in [2.75, 3.05) is 20.2 Å². The van der Waals surface area contributed by atoms with E-state index in [4.69, 9.17) is 4.74 Å². The molecule has 0 saturated heterocycles. The van der Waals surface area contributed by atoms with Crippen LogP contribution in [0.3, 0.4) is 0 Å². The molecule has 0 fully saturated rings. The summed E-state index contributed by atoms with van der Waals surface area (Å²) in [6, 6.07) is 3.19. The van der Waals surface area contributed by atoms with E-state index >= 15 is 0 Å². The summed E-state index contributed by atoms with van der Waals surface area (Å²) in [6.45, 7) is 2.15. The first-order valence-corrected chi connectivity index (χ1v) is 9.82. The summed E-state index contributed by atoms with van der Waals surface area (Å²) >= 11 is 0. The highest BCUT2D eigenvalue weighted by Crippen LogP contribution is 2.14. The zero-order chi connectivity index (χ0) is 20.1. The fourth-order valence-corrected chi connectivity index (χ4v) is 2.80. The lowest BCUT2D eigenvalue weighted by molar-refractivity contribution is -0.144. The van der Waals surface area contributed by atoms with Crippen LogP contribution in [-0.2, 0) is 9.53 Å².